The van der Waals surface area contributed by atoms with Crippen LogP contribution in [0.25, 0.3) is 16.8 Å². The molecule has 5 rings (SSSR count). The fourth-order valence-electron chi connectivity index (χ4n) is 4.25. The second kappa shape index (κ2) is 9.27. The van der Waals surface area contributed by atoms with Gasteiger partial charge in [-0.1, -0.05) is 0 Å². The minimum absolute atomic E-state index is 0.121. The van der Waals surface area contributed by atoms with E-state index >= 15 is 0 Å². The van der Waals surface area contributed by atoms with E-state index in [9.17, 15) is 9.59 Å². The van der Waals surface area contributed by atoms with Crippen molar-refractivity contribution in [1.82, 2.24) is 9.80 Å². The van der Waals surface area contributed by atoms with E-state index in [1.807, 2.05) is 24.3 Å². The number of para-hydroxylation sites is 1. The molecule has 4 aromatic rings. The van der Waals surface area contributed by atoms with Gasteiger partial charge in [-0.3, -0.25) is 0 Å². The van der Waals surface area contributed by atoms with Gasteiger partial charge in [0.05, 0.1) is 0 Å². The molecule has 1 aromatic heterocycles. The Balaban J connectivity index is 1.63. The molecule has 0 radical (unpaired) electrons. The van der Waals surface area contributed by atoms with Crippen molar-refractivity contribution in [2.24, 2.45) is 0 Å². The first-order valence-electron chi connectivity index (χ1n) is 11.1. The molecule has 5 nitrogen and oxygen atoms in total. The number of nitrogens with zero attached hydrogens (tertiary/aromatic N) is 3. The molecule has 1 aliphatic heterocycles. The molecule has 0 bridgehead atoms. The topological polar surface area (TPSA) is 43.9 Å². The molecule has 1 saturated heterocycles. The van der Waals surface area contributed by atoms with E-state index < -0.39 is 0 Å². The average molecular weight is 545 g/mol. The molecule has 0 N–H and O–H groups in total. The molecule has 35 heavy (non-hydrogen) atoms. The van der Waals surface area contributed by atoms with Gasteiger partial charge in [-0.15, -0.1) is 0 Å². The van der Waals surface area contributed by atoms with Gasteiger partial charge in [-0.25, -0.2) is 0 Å². The molecule has 1 aliphatic rings. The molecular formula is C28H23N3O2SSe. The number of carbonyl (C=O) groups is 2. The normalized spacial score (nSPS) is 14.1. The van der Waals surface area contributed by atoms with Crippen molar-refractivity contribution in [3.8, 4) is 0 Å². The van der Waals surface area contributed by atoms with Crippen molar-refractivity contribution < 1.29 is 9.59 Å². The first-order chi connectivity index (χ1) is 16.9. The Morgan fingerprint density at radius 1 is 0.800 bits per heavy atom. The third kappa shape index (κ3) is 4.12. The van der Waals surface area contributed by atoms with Crippen LogP contribution in [0.1, 0.15) is 10.0 Å². The van der Waals surface area contributed by atoms with Gasteiger partial charge in [0.25, 0.3) is 0 Å². The summed E-state index contributed by atoms with van der Waals surface area (Å²) < 4.78 is 2.08. The summed E-state index contributed by atoms with van der Waals surface area (Å²) in [6.07, 6.45) is 1.72. The van der Waals surface area contributed by atoms with E-state index in [1.54, 1.807) is 20.2 Å². The summed E-state index contributed by atoms with van der Waals surface area (Å²) >= 11 is 5.08. The van der Waals surface area contributed by atoms with Crippen LogP contribution in [0.15, 0.2) is 84.4 Å². The van der Waals surface area contributed by atoms with E-state index in [-0.39, 0.29) is 37.0 Å². The molecule has 0 unspecified atom stereocenters. The first-order valence-corrected chi connectivity index (χ1v) is 13.2. The molecule has 0 saturated carbocycles. The number of thiocarbonyl (C=S) groups is 1. The maximum absolute atomic E-state index is 12.8. The Hall–Kier alpha value is -3.51. The van der Waals surface area contributed by atoms with Crippen LogP contribution < -0.4 is 4.90 Å². The van der Waals surface area contributed by atoms with Crippen LogP contribution in [0.4, 0.5) is 15.9 Å². The Kier molecular flexibility index (Phi) is 6.15. The second-order valence-corrected chi connectivity index (χ2v) is 11.0. The maximum atomic E-state index is 12.8. The Morgan fingerprint density at radius 3 is 2.11 bits per heavy atom. The monoisotopic (exact) mass is 545 g/mol. The van der Waals surface area contributed by atoms with Crippen molar-refractivity contribution in [1.29, 1.82) is 0 Å². The molecule has 0 atom stereocenters. The van der Waals surface area contributed by atoms with Gasteiger partial charge < -0.3 is 0 Å². The van der Waals surface area contributed by atoms with Gasteiger partial charge >= 0.3 is 216 Å². The quantitative estimate of drug-likeness (QED) is 0.152. The zero-order chi connectivity index (χ0) is 24.7. The second-order valence-electron chi connectivity index (χ2n) is 8.36. The van der Waals surface area contributed by atoms with Crippen molar-refractivity contribution in [3.63, 3.8) is 0 Å². The van der Waals surface area contributed by atoms with Gasteiger partial charge in [0, 0.05) is 0 Å². The van der Waals surface area contributed by atoms with Crippen LogP contribution in [-0.4, -0.2) is 55.3 Å². The van der Waals surface area contributed by atoms with Crippen LogP contribution in [-0.2, 0) is 9.59 Å². The molecule has 1 fully saturated rings. The van der Waals surface area contributed by atoms with Crippen LogP contribution in [0.3, 0.4) is 0 Å². The fourth-order valence-corrected chi connectivity index (χ4v) is 6.48. The van der Waals surface area contributed by atoms with Crippen molar-refractivity contribution in [3.05, 3.63) is 94.4 Å². The summed E-state index contributed by atoms with van der Waals surface area (Å²) in [5, 5.41) is 2.60. The minimum atomic E-state index is -0.368. The predicted octanol–water partition coefficient (Wildman–Crippen LogP) is 5.27. The van der Waals surface area contributed by atoms with E-state index in [0.29, 0.717) is 0 Å². The average Bonchev–Trinajstić information content (AvgIpc) is 3.34. The van der Waals surface area contributed by atoms with Gasteiger partial charge in [0.2, 0.25) is 0 Å². The Bertz CT molecular complexity index is 1480. The molecule has 174 valence electrons. The molecule has 0 aliphatic carbocycles. The zero-order valence-corrected chi connectivity index (χ0v) is 22.1. The van der Waals surface area contributed by atoms with Crippen LogP contribution in [0.5, 0.6) is 0 Å². The van der Waals surface area contributed by atoms with Crippen molar-refractivity contribution >= 4 is 76.4 Å². The molecule has 7 heteroatoms. The third-order valence-electron chi connectivity index (χ3n) is 6.14. The number of aryl methyl sites for hydroxylation is 1. The number of amides is 2. The predicted molar refractivity (Wildman–Crippen MR) is 146 cm³/mol. The summed E-state index contributed by atoms with van der Waals surface area (Å²) in [6, 6.07) is 27.1. The summed E-state index contributed by atoms with van der Waals surface area (Å²) in [4.78, 5) is 30.5. The van der Waals surface area contributed by atoms with Crippen molar-refractivity contribution in [2.45, 2.75) is 6.92 Å². The Morgan fingerprint density at radius 2 is 1.43 bits per heavy atom. The summed E-state index contributed by atoms with van der Waals surface area (Å²) in [6.45, 7) is 2.13. The molecule has 2 amide bonds. The molecule has 2 heterocycles. The summed E-state index contributed by atoms with van der Waals surface area (Å²) in [5.74, 6) is -0.736. The number of hydrogen-bond donors (Lipinski definition) is 0. The van der Waals surface area contributed by atoms with E-state index in [0.717, 1.165) is 20.4 Å². The molecular weight excluding hydrogens is 521 g/mol. The fraction of sp³-hybridized carbons (Fsp3) is 0.107. The van der Waals surface area contributed by atoms with E-state index in [2.05, 4.69) is 66.4 Å². The van der Waals surface area contributed by atoms with Gasteiger partial charge in [-0.05, 0) is 0 Å². The third-order valence-corrected chi connectivity index (χ3v) is 8.82. The first kappa shape index (κ1) is 23.2. The SMILES string of the molecule is Cc1ccc(N(c2ccccc2)c2ccc(C=C3C(=O)N(C)C(=S)N(C)C3=O)[se]2)c2ccccc12. The number of rotatable bonds is 4. The number of fused-ring (bicyclic) bond motifs is 1. The molecule has 0 spiro atoms. The van der Waals surface area contributed by atoms with Crippen molar-refractivity contribution in [2.75, 3.05) is 19.0 Å². The van der Waals surface area contributed by atoms with Gasteiger partial charge in [0.15, 0.2) is 0 Å². The number of anilines is 3. The van der Waals surface area contributed by atoms with Crippen LogP contribution in [0.2, 0.25) is 0 Å². The van der Waals surface area contributed by atoms with Crippen LogP contribution >= 0.6 is 12.2 Å². The number of likely N-dealkylation sites (N-methyl/N-ethyl adjacent to an activating group) is 2. The number of hydrogen-bond acceptors (Lipinski definition) is 4. The van der Waals surface area contributed by atoms with Gasteiger partial charge in [0.1, 0.15) is 0 Å². The molecule has 3 aromatic carbocycles. The summed E-state index contributed by atoms with van der Waals surface area (Å²) in [5.41, 5.74) is 3.53. The zero-order valence-electron chi connectivity index (χ0n) is 19.6. The number of carbonyl (C=O) groups excluding carboxylic acids is 2. The standard InChI is InChI=1S/C28H23N3O2SSe/c1-18-13-15-24(22-12-8-7-11-21(18)22)31(19-9-5-4-6-10-19)25-16-14-20(35-25)17-23-26(32)29(2)28(34)30(3)27(23)33/h4-17H,1-3H3. The van der Waals surface area contributed by atoms with E-state index in [1.165, 1.54) is 26.1 Å². The summed E-state index contributed by atoms with van der Waals surface area (Å²) in [7, 11) is 3.19. The van der Waals surface area contributed by atoms with Crippen LogP contribution in [0, 0.1) is 6.92 Å². The Labute approximate surface area is 215 Å². The number of benzene rings is 3. The van der Waals surface area contributed by atoms with E-state index in [4.69, 9.17) is 12.2 Å². The van der Waals surface area contributed by atoms with Gasteiger partial charge in [-0.2, -0.15) is 0 Å².